The van der Waals surface area contributed by atoms with E-state index in [1.54, 1.807) is 26.6 Å². The first-order valence-electron chi connectivity index (χ1n) is 4.93. The Hall–Kier alpha value is -1.24. The largest absolute Gasteiger partial charge is 0.480 e. The van der Waals surface area contributed by atoms with Gasteiger partial charge in [-0.15, -0.1) is 0 Å². The molecule has 16 heavy (non-hydrogen) atoms. The van der Waals surface area contributed by atoms with Gasteiger partial charge in [0.1, 0.15) is 5.69 Å². The highest BCUT2D eigenvalue weighted by Crippen LogP contribution is 2.30. The highest BCUT2D eigenvalue weighted by atomic mass is 16.5. The summed E-state index contributed by atoms with van der Waals surface area (Å²) in [5.74, 6) is 5.98. The molecule has 0 spiro atoms. The third-order valence-corrected chi connectivity index (χ3v) is 2.55. The van der Waals surface area contributed by atoms with Crippen molar-refractivity contribution in [1.82, 2.24) is 15.4 Å². The number of rotatable bonds is 5. The molecule has 1 unspecified atom stereocenters. The van der Waals surface area contributed by atoms with Crippen LogP contribution in [0.2, 0.25) is 0 Å². The molecule has 0 aliphatic heterocycles. The van der Waals surface area contributed by atoms with Gasteiger partial charge in [-0.2, -0.15) is 0 Å². The number of hydrogen-bond acceptors (Lipinski definition) is 6. The predicted molar refractivity (Wildman–Crippen MR) is 59.7 cm³/mol. The van der Waals surface area contributed by atoms with E-state index in [0.717, 1.165) is 0 Å². The van der Waals surface area contributed by atoms with Gasteiger partial charge in [-0.05, 0) is 13.8 Å². The molecule has 0 fully saturated rings. The Morgan fingerprint density at radius 2 is 1.94 bits per heavy atom. The molecule has 0 saturated carbocycles. The molecule has 0 radical (unpaired) electrons. The lowest BCUT2D eigenvalue weighted by molar-refractivity contribution is -0.0131. The summed E-state index contributed by atoms with van der Waals surface area (Å²) < 4.78 is 10.5. The highest BCUT2D eigenvalue weighted by Gasteiger charge is 2.33. The summed E-state index contributed by atoms with van der Waals surface area (Å²) in [6.07, 6.45) is 3.16. The van der Waals surface area contributed by atoms with Crippen LogP contribution in [0.1, 0.15) is 25.6 Å². The van der Waals surface area contributed by atoms with Crippen molar-refractivity contribution in [3.05, 3.63) is 18.1 Å². The minimum absolute atomic E-state index is 0.304. The smallest absolute Gasteiger partial charge is 0.237 e. The second kappa shape index (κ2) is 5.20. The van der Waals surface area contributed by atoms with Gasteiger partial charge in [0, 0.05) is 19.5 Å². The van der Waals surface area contributed by atoms with E-state index in [9.17, 15) is 0 Å². The third kappa shape index (κ3) is 2.46. The molecule has 1 rings (SSSR count). The van der Waals surface area contributed by atoms with Crippen LogP contribution in [0.4, 0.5) is 0 Å². The number of aromatic nitrogens is 2. The molecule has 0 aromatic carbocycles. The average molecular weight is 226 g/mol. The van der Waals surface area contributed by atoms with Gasteiger partial charge in [-0.3, -0.25) is 10.8 Å². The Morgan fingerprint density at radius 3 is 2.44 bits per heavy atom. The van der Waals surface area contributed by atoms with Crippen LogP contribution in [0.15, 0.2) is 12.4 Å². The second-order valence-corrected chi connectivity index (χ2v) is 3.86. The molecule has 1 aromatic rings. The lowest BCUT2D eigenvalue weighted by Gasteiger charge is -2.32. The summed E-state index contributed by atoms with van der Waals surface area (Å²) in [4.78, 5) is 8.30. The second-order valence-electron chi connectivity index (χ2n) is 3.86. The van der Waals surface area contributed by atoms with Crippen LogP contribution in [0.25, 0.3) is 0 Å². The van der Waals surface area contributed by atoms with Crippen LogP contribution in [0, 0.1) is 0 Å². The molecule has 0 saturated heterocycles. The lowest BCUT2D eigenvalue weighted by atomic mass is 9.96. The summed E-state index contributed by atoms with van der Waals surface area (Å²) in [5.41, 5.74) is 2.79. The number of nitrogens with one attached hydrogen (secondary N) is 1. The van der Waals surface area contributed by atoms with Crippen LogP contribution < -0.4 is 16.0 Å². The number of ether oxygens (including phenoxy) is 2. The van der Waals surface area contributed by atoms with Crippen molar-refractivity contribution in [3.8, 4) is 5.88 Å². The molecular weight excluding hydrogens is 208 g/mol. The zero-order chi connectivity index (χ0) is 12.2. The Bertz CT molecular complexity index is 343. The van der Waals surface area contributed by atoms with Crippen molar-refractivity contribution in [2.75, 3.05) is 14.2 Å². The molecule has 1 atom stereocenters. The Kier molecular flexibility index (Phi) is 4.17. The van der Waals surface area contributed by atoms with Gasteiger partial charge < -0.3 is 9.47 Å². The number of hydrazine groups is 1. The van der Waals surface area contributed by atoms with Crippen molar-refractivity contribution in [1.29, 1.82) is 0 Å². The van der Waals surface area contributed by atoms with Crippen molar-refractivity contribution < 1.29 is 9.47 Å². The maximum Gasteiger partial charge on any atom is 0.237 e. The third-order valence-electron chi connectivity index (χ3n) is 2.55. The number of hydrogen-bond donors (Lipinski definition) is 2. The van der Waals surface area contributed by atoms with E-state index in [4.69, 9.17) is 15.3 Å². The standard InChI is InChI=1S/C10H18N4O2/c1-10(2,16-4)8(14-11)7-9(15-3)13-6-5-12-7/h5-6,8,14H,11H2,1-4H3. The quantitative estimate of drug-likeness (QED) is 0.559. The van der Waals surface area contributed by atoms with Gasteiger partial charge in [0.05, 0.1) is 18.8 Å². The molecule has 1 heterocycles. The fraction of sp³-hybridized carbons (Fsp3) is 0.600. The number of nitrogens with two attached hydrogens (primary N) is 1. The fourth-order valence-electron chi connectivity index (χ4n) is 1.42. The molecular formula is C10H18N4O2. The summed E-state index contributed by atoms with van der Waals surface area (Å²) >= 11 is 0. The Morgan fingerprint density at radius 1 is 1.31 bits per heavy atom. The van der Waals surface area contributed by atoms with Gasteiger partial charge in [-0.1, -0.05) is 0 Å². The average Bonchev–Trinajstić information content (AvgIpc) is 2.30. The maximum absolute atomic E-state index is 5.54. The minimum atomic E-state index is -0.516. The Labute approximate surface area is 95.1 Å². The summed E-state index contributed by atoms with van der Waals surface area (Å²) in [6, 6.07) is -0.304. The molecule has 3 N–H and O–H groups in total. The molecule has 0 aliphatic rings. The van der Waals surface area contributed by atoms with Gasteiger partial charge in [0.2, 0.25) is 5.88 Å². The maximum atomic E-state index is 5.54. The summed E-state index contributed by atoms with van der Waals surface area (Å²) in [7, 11) is 3.16. The van der Waals surface area contributed by atoms with E-state index in [2.05, 4.69) is 15.4 Å². The minimum Gasteiger partial charge on any atom is -0.480 e. The van der Waals surface area contributed by atoms with Crippen molar-refractivity contribution >= 4 is 0 Å². The molecule has 6 heteroatoms. The Balaban J connectivity index is 3.13. The first-order chi connectivity index (χ1) is 7.56. The zero-order valence-electron chi connectivity index (χ0n) is 10.0. The van der Waals surface area contributed by atoms with E-state index < -0.39 is 5.60 Å². The van der Waals surface area contributed by atoms with E-state index in [1.807, 2.05) is 13.8 Å². The highest BCUT2D eigenvalue weighted by molar-refractivity contribution is 5.23. The molecule has 90 valence electrons. The van der Waals surface area contributed by atoms with Crippen LogP contribution >= 0.6 is 0 Å². The van der Waals surface area contributed by atoms with Gasteiger partial charge in [-0.25, -0.2) is 10.4 Å². The molecule has 6 nitrogen and oxygen atoms in total. The van der Waals surface area contributed by atoms with Crippen LogP contribution in [0.5, 0.6) is 5.88 Å². The van der Waals surface area contributed by atoms with Gasteiger partial charge in [0.15, 0.2) is 0 Å². The molecule has 0 aliphatic carbocycles. The van der Waals surface area contributed by atoms with Crippen molar-refractivity contribution in [3.63, 3.8) is 0 Å². The SMILES string of the molecule is COc1nccnc1C(NN)C(C)(C)OC. The monoisotopic (exact) mass is 226 g/mol. The van der Waals surface area contributed by atoms with Gasteiger partial charge in [0.25, 0.3) is 0 Å². The van der Waals surface area contributed by atoms with Crippen molar-refractivity contribution in [2.24, 2.45) is 5.84 Å². The molecule has 1 aromatic heterocycles. The van der Waals surface area contributed by atoms with Crippen LogP contribution in [-0.2, 0) is 4.74 Å². The fourth-order valence-corrected chi connectivity index (χ4v) is 1.42. The lowest BCUT2D eigenvalue weighted by Crippen LogP contribution is -2.44. The molecule has 0 amide bonds. The van der Waals surface area contributed by atoms with E-state index in [0.29, 0.717) is 11.6 Å². The first-order valence-corrected chi connectivity index (χ1v) is 4.93. The van der Waals surface area contributed by atoms with Crippen LogP contribution in [-0.4, -0.2) is 29.8 Å². The van der Waals surface area contributed by atoms with E-state index in [1.165, 1.54) is 0 Å². The van der Waals surface area contributed by atoms with E-state index >= 15 is 0 Å². The normalized spacial score (nSPS) is 13.6. The number of nitrogens with zero attached hydrogens (tertiary/aromatic N) is 2. The van der Waals surface area contributed by atoms with Crippen LogP contribution in [0.3, 0.4) is 0 Å². The molecule has 0 bridgehead atoms. The summed E-state index contributed by atoms with van der Waals surface area (Å²) in [5, 5.41) is 0. The topological polar surface area (TPSA) is 82.3 Å². The van der Waals surface area contributed by atoms with E-state index in [-0.39, 0.29) is 6.04 Å². The number of methoxy groups -OCH3 is 2. The van der Waals surface area contributed by atoms with Crippen molar-refractivity contribution in [2.45, 2.75) is 25.5 Å². The summed E-state index contributed by atoms with van der Waals surface area (Å²) in [6.45, 7) is 3.82. The van der Waals surface area contributed by atoms with Gasteiger partial charge >= 0.3 is 0 Å². The first kappa shape index (κ1) is 12.8. The zero-order valence-corrected chi connectivity index (χ0v) is 10.0. The predicted octanol–water partition coefficient (Wildman–Crippen LogP) is 0.415.